The lowest BCUT2D eigenvalue weighted by Gasteiger charge is -2.21. The Labute approximate surface area is 486 Å². The van der Waals surface area contributed by atoms with Crippen LogP contribution in [0.4, 0.5) is 0 Å². The molecule has 2 aromatic carbocycles. The molecule has 0 radical (unpaired) electrons. The summed E-state index contributed by atoms with van der Waals surface area (Å²) in [6.07, 6.45) is -3.25. The van der Waals surface area contributed by atoms with Crippen molar-refractivity contribution in [3.63, 3.8) is 0 Å². The van der Waals surface area contributed by atoms with E-state index in [4.69, 9.17) is 10.2 Å². The number of nitrogens with one attached hydrogen (secondary N) is 4. The van der Waals surface area contributed by atoms with Crippen LogP contribution in [0, 0.1) is 17.8 Å². The number of carbonyl (C=O) groups excluding carboxylic acids is 8. The second kappa shape index (κ2) is 29.9. The van der Waals surface area contributed by atoms with Crippen LogP contribution in [0.1, 0.15) is 89.3 Å². The minimum Gasteiger partial charge on any atom is -0.481 e. The minimum absolute atomic E-state index is 0.00888. The number of hydrogen-bond acceptors (Lipinski definition) is 16. The highest BCUT2D eigenvalue weighted by molar-refractivity contribution is 7.29. The highest BCUT2D eigenvalue weighted by atomic mass is 32.1. The number of Topliss-reactive ketones (excluding diaryl/α,β-unsaturated/α-hetero) is 4. The summed E-state index contributed by atoms with van der Waals surface area (Å²) in [5.41, 5.74) is 1.34. The number of thiophene rings is 4. The number of hydrogen-bond donors (Lipinski definition) is 8. The van der Waals surface area contributed by atoms with E-state index in [1.54, 1.807) is 78.9 Å². The average Bonchev–Trinajstić information content (AvgIpc) is 4.30. The Morgan fingerprint density at radius 1 is 0.451 bits per heavy atom. The molecule has 6 rings (SSSR count). The molecule has 6 atom stereocenters. The summed E-state index contributed by atoms with van der Waals surface area (Å²) in [5.74, 6) is -13.8. The number of benzene rings is 2. The van der Waals surface area contributed by atoms with Gasteiger partial charge < -0.3 is 41.7 Å². The number of rotatable bonds is 33. The Bertz CT molecular complexity index is 3110. The van der Waals surface area contributed by atoms with Crippen LogP contribution >= 0.6 is 45.3 Å². The normalized spacial score (nSPS) is 13.2. The summed E-state index contributed by atoms with van der Waals surface area (Å²) in [6, 6.07) is 28.1. The van der Waals surface area contributed by atoms with E-state index in [0.29, 0.717) is 20.9 Å². The van der Waals surface area contributed by atoms with Crippen LogP contribution in [-0.4, -0.2) is 116 Å². The maximum Gasteiger partial charge on any atom is 0.326 e. The maximum atomic E-state index is 13.3. The van der Waals surface area contributed by atoms with E-state index in [-0.39, 0.29) is 50.9 Å². The van der Waals surface area contributed by atoms with Gasteiger partial charge in [-0.25, -0.2) is 4.79 Å². The summed E-state index contributed by atoms with van der Waals surface area (Å²) in [5, 5.41) is 47.2. The number of carbonyl (C=O) groups is 12. The third kappa shape index (κ3) is 18.9. The van der Waals surface area contributed by atoms with Crippen molar-refractivity contribution in [1.82, 2.24) is 21.3 Å². The molecule has 430 valence electrons. The first-order chi connectivity index (χ1) is 39.0. The Morgan fingerprint density at radius 2 is 0.939 bits per heavy atom. The van der Waals surface area contributed by atoms with Gasteiger partial charge in [-0.15, -0.1) is 45.3 Å². The lowest BCUT2D eigenvalue weighted by Crippen LogP contribution is -2.46. The summed E-state index contributed by atoms with van der Waals surface area (Å²) in [4.78, 5) is 157. The van der Waals surface area contributed by atoms with E-state index in [2.05, 4.69) is 21.3 Å². The Kier molecular flexibility index (Phi) is 23.0. The third-order valence-electron chi connectivity index (χ3n) is 12.9. The lowest BCUT2D eigenvalue weighted by atomic mass is 9.91. The predicted octanol–water partition coefficient (Wildman–Crippen LogP) is 7.45. The van der Waals surface area contributed by atoms with Crippen molar-refractivity contribution in [3.8, 4) is 29.3 Å². The van der Waals surface area contributed by atoms with Crippen LogP contribution in [0.5, 0.6) is 0 Å². The fraction of sp³-hybridized carbons (Fsp3) is 0.310. The third-order valence-corrected chi connectivity index (χ3v) is 17.8. The summed E-state index contributed by atoms with van der Waals surface area (Å²) in [6.45, 7) is 2.54. The number of amides is 4. The average molecular weight is 1200 g/mol. The molecule has 8 N–H and O–H groups in total. The highest BCUT2D eigenvalue weighted by Crippen LogP contribution is 2.43. The molecule has 0 bridgehead atoms. The second-order valence-electron chi connectivity index (χ2n) is 19.3. The molecule has 0 aliphatic rings. The molecule has 6 aromatic rings. The second-order valence-corrected chi connectivity index (χ2v) is 23.6. The van der Waals surface area contributed by atoms with Gasteiger partial charge in [0.1, 0.15) is 6.04 Å². The van der Waals surface area contributed by atoms with E-state index < -0.39 is 120 Å². The van der Waals surface area contributed by atoms with Gasteiger partial charge in [-0.05, 0) is 79.4 Å². The van der Waals surface area contributed by atoms with E-state index in [1.807, 2.05) is 30.3 Å². The van der Waals surface area contributed by atoms with Crippen LogP contribution in [0.3, 0.4) is 0 Å². The standard InChI is InChI=1S/C58H58N4O16S4/c1-31(54(72)61-38(25-34-11-7-4-8-12-34)42(66)27-36(57(75)76)28-52(68)69)23-37(63)30-59-56(74)50-21-20-49(82-50)48-19-18-47(81-48)46-17-16-45(80-46)44-15-14-43(79-44)40(64)13-22-51(67)60-32(2)41(65)26-35(24-33-9-5-3-6-10-33)55(73)62-39(58(77)78)29-53(70)71/h3-12,14-21,31-32,35-36,38-39H,13,22-30H2,1-2H3,(H,59,74)(H,60,67)(H,61,72)(H,62,73)(H,68,69)(H,70,71)(H,75,76)(H,77,78)/t31-,32+,35-,36+,38+,39+/m1/s1. The molecule has 0 saturated carbocycles. The zero-order valence-electron chi connectivity index (χ0n) is 44.2. The maximum absolute atomic E-state index is 13.3. The van der Waals surface area contributed by atoms with Gasteiger partial charge >= 0.3 is 23.9 Å². The Hall–Kier alpha value is -8.32. The van der Waals surface area contributed by atoms with Crippen LogP contribution in [0.15, 0.2) is 109 Å². The van der Waals surface area contributed by atoms with E-state index in [9.17, 15) is 67.7 Å². The molecule has 0 aliphatic carbocycles. The zero-order chi connectivity index (χ0) is 59.6. The van der Waals surface area contributed by atoms with Gasteiger partial charge in [0.05, 0.1) is 47.1 Å². The molecule has 0 unspecified atom stereocenters. The molecular weight excluding hydrogens is 1140 g/mol. The molecule has 0 spiro atoms. The fourth-order valence-corrected chi connectivity index (χ4v) is 12.6. The van der Waals surface area contributed by atoms with Crippen molar-refractivity contribution in [3.05, 3.63) is 130 Å². The van der Waals surface area contributed by atoms with Crippen LogP contribution in [0.2, 0.25) is 0 Å². The largest absolute Gasteiger partial charge is 0.481 e. The monoisotopic (exact) mass is 1190 g/mol. The predicted molar refractivity (Wildman–Crippen MR) is 307 cm³/mol. The minimum atomic E-state index is -1.72. The lowest BCUT2D eigenvalue weighted by molar-refractivity contribution is -0.149. The number of aliphatic carboxylic acids is 4. The Morgan fingerprint density at radius 3 is 1.48 bits per heavy atom. The van der Waals surface area contributed by atoms with Gasteiger partial charge in [0, 0.05) is 73.2 Å². The Balaban J connectivity index is 0.961. The molecule has 82 heavy (non-hydrogen) atoms. The molecule has 4 amide bonds. The van der Waals surface area contributed by atoms with Crippen LogP contribution < -0.4 is 21.3 Å². The summed E-state index contributed by atoms with van der Waals surface area (Å²) < 4.78 is 0. The van der Waals surface area contributed by atoms with Gasteiger partial charge in [0.2, 0.25) is 17.7 Å². The quantitative estimate of drug-likeness (QED) is 0.0185. The van der Waals surface area contributed by atoms with Gasteiger partial charge in [0.15, 0.2) is 23.1 Å². The van der Waals surface area contributed by atoms with Crippen LogP contribution in [0.25, 0.3) is 29.3 Å². The van der Waals surface area contributed by atoms with Gasteiger partial charge in [-0.2, -0.15) is 0 Å². The molecule has 0 saturated heterocycles. The summed E-state index contributed by atoms with van der Waals surface area (Å²) >= 11 is 5.52. The molecule has 0 fully saturated rings. The van der Waals surface area contributed by atoms with Gasteiger partial charge in [-0.1, -0.05) is 67.6 Å². The van der Waals surface area contributed by atoms with Crippen molar-refractivity contribution in [2.45, 2.75) is 89.8 Å². The van der Waals surface area contributed by atoms with Crippen molar-refractivity contribution < 1.29 is 78.0 Å². The first-order valence-corrected chi connectivity index (χ1v) is 29.0. The number of carboxylic acids is 4. The molecular formula is C58H58N4O16S4. The van der Waals surface area contributed by atoms with Gasteiger partial charge in [0.25, 0.3) is 5.91 Å². The topological polar surface area (TPSA) is 334 Å². The molecule has 24 heteroatoms. The van der Waals surface area contributed by atoms with E-state index >= 15 is 0 Å². The molecule has 4 aromatic heterocycles. The molecule has 4 heterocycles. The first kappa shape index (κ1) is 62.9. The zero-order valence-corrected chi connectivity index (χ0v) is 47.5. The van der Waals surface area contributed by atoms with Crippen molar-refractivity contribution >= 4 is 116 Å². The van der Waals surface area contributed by atoms with E-state index in [1.165, 1.54) is 59.2 Å². The fourth-order valence-electron chi connectivity index (χ4n) is 8.43. The highest BCUT2D eigenvalue weighted by Gasteiger charge is 2.33. The summed E-state index contributed by atoms with van der Waals surface area (Å²) in [7, 11) is 0. The first-order valence-electron chi connectivity index (χ1n) is 25.7. The number of carboxylic acid groups (broad SMARTS) is 4. The SMILES string of the molecule is C[C@H](CC(=O)CNC(=O)c1ccc(-c2ccc(-c3ccc(-c4ccc(C(=O)CCC(=O)N[C@@H](C)C(=O)C[C@@H](Cc5ccccc5)C(=O)N[C@@H](CC(=O)O)C(=O)O)s4)s3)s2)s1)C(=O)N[C@@H](Cc1ccccc1)C(=O)C[C@@H](CC(=O)O)C(=O)O. The van der Waals surface area contributed by atoms with E-state index in [0.717, 1.165) is 29.3 Å². The van der Waals surface area contributed by atoms with Crippen LogP contribution in [-0.2, 0) is 60.8 Å². The van der Waals surface area contributed by atoms with Crippen molar-refractivity contribution in [1.29, 1.82) is 0 Å². The van der Waals surface area contributed by atoms with Crippen molar-refractivity contribution in [2.24, 2.45) is 17.8 Å². The number of ketones is 4. The molecule has 0 aliphatic heterocycles. The smallest absolute Gasteiger partial charge is 0.326 e. The van der Waals surface area contributed by atoms with Gasteiger partial charge in [-0.3, -0.25) is 52.7 Å². The van der Waals surface area contributed by atoms with Crippen molar-refractivity contribution in [2.75, 3.05) is 6.54 Å². The molecule has 20 nitrogen and oxygen atoms in total.